The highest BCUT2D eigenvalue weighted by molar-refractivity contribution is 6.25. The molecule has 4 aromatic heterocycles. The van der Waals surface area contributed by atoms with E-state index in [9.17, 15) is 0 Å². The van der Waals surface area contributed by atoms with Gasteiger partial charge in [-0.25, -0.2) is 9.97 Å². The van der Waals surface area contributed by atoms with Crippen LogP contribution in [0.1, 0.15) is 0 Å². The number of benzene rings is 5. The van der Waals surface area contributed by atoms with Crippen LogP contribution < -0.4 is 0 Å². The molecule has 0 saturated carbocycles. The summed E-state index contributed by atoms with van der Waals surface area (Å²) >= 11 is 0. The molecule has 9 rings (SSSR count). The molecule has 0 saturated heterocycles. The molecule has 0 aliphatic rings. The molecule has 0 aliphatic heterocycles. The van der Waals surface area contributed by atoms with Crippen molar-refractivity contribution in [2.75, 3.05) is 0 Å². The van der Waals surface area contributed by atoms with E-state index in [4.69, 9.17) is 9.97 Å². The fourth-order valence-electron chi connectivity index (χ4n) is 6.41. The molecule has 0 spiro atoms. The van der Waals surface area contributed by atoms with Gasteiger partial charge in [-0.15, -0.1) is 0 Å². The van der Waals surface area contributed by atoms with E-state index in [-0.39, 0.29) is 0 Å². The van der Waals surface area contributed by atoms with Crippen molar-refractivity contribution in [2.45, 2.75) is 0 Å². The van der Waals surface area contributed by atoms with E-state index in [2.05, 4.69) is 113 Å². The Morgan fingerprint density at radius 2 is 1.12 bits per heavy atom. The molecule has 0 N–H and O–H groups in total. The van der Waals surface area contributed by atoms with Gasteiger partial charge in [0, 0.05) is 17.1 Å². The summed E-state index contributed by atoms with van der Waals surface area (Å²) in [4.78, 5) is 15.0. The maximum absolute atomic E-state index is 5.16. The maximum Gasteiger partial charge on any atom is 0.138 e. The second kappa shape index (κ2) is 8.44. The Balaban J connectivity index is 1.22. The van der Waals surface area contributed by atoms with Gasteiger partial charge in [-0.1, -0.05) is 84.9 Å². The molecular formula is C37H22N4. The van der Waals surface area contributed by atoms with Gasteiger partial charge in [-0.2, -0.15) is 0 Å². The SMILES string of the molecule is c1cc(-c2cccc(-n3c4ccccc4c4ncccc43)n2)nc(-c2ccc3ccc4cccc5ccc2c3c45)c1. The average molecular weight is 523 g/mol. The number of hydrogen-bond acceptors (Lipinski definition) is 3. The Morgan fingerprint density at radius 1 is 0.439 bits per heavy atom. The summed E-state index contributed by atoms with van der Waals surface area (Å²) in [7, 11) is 0. The fourth-order valence-corrected chi connectivity index (χ4v) is 6.41. The summed E-state index contributed by atoms with van der Waals surface area (Å²) in [5.41, 5.74) is 6.83. The highest BCUT2D eigenvalue weighted by atomic mass is 15.1. The topological polar surface area (TPSA) is 43.6 Å². The molecule has 41 heavy (non-hydrogen) atoms. The van der Waals surface area contributed by atoms with Crippen LogP contribution in [0.3, 0.4) is 0 Å². The van der Waals surface area contributed by atoms with Crippen molar-refractivity contribution < 1.29 is 0 Å². The fraction of sp³-hybridized carbons (Fsp3) is 0. The Labute approximate surface area is 235 Å². The van der Waals surface area contributed by atoms with Gasteiger partial charge in [0.25, 0.3) is 0 Å². The Morgan fingerprint density at radius 3 is 2.02 bits per heavy atom. The Bertz CT molecular complexity index is 2370. The van der Waals surface area contributed by atoms with Gasteiger partial charge in [0.1, 0.15) is 5.82 Å². The van der Waals surface area contributed by atoms with Gasteiger partial charge >= 0.3 is 0 Å². The quantitative estimate of drug-likeness (QED) is 0.217. The van der Waals surface area contributed by atoms with Crippen LogP contribution in [0, 0.1) is 0 Å². The van der Waals surface area contributed by atoms with Crippen LogP contribution in [0.2, 0.25) is 0 Å². The first kappa shape index (κ1) is 22.2. The highest BCUT2D eigenvalue weighted by Crippen LogP contribution is 2.39. The number of rotatable bonds is 3. The number of para-hydroxylation sites is 1. The molecule has 0 amide bonds. The zero-order chi connectivity index (χ0) is 26.9. The van der Waals surface area contributed by atoms with E-state index < -0.39 is 0 Å². The number of aromatic nitrogens is 4. The standard InChI is InChI=1S/C37H22N4/c1-2-13-32-28(9-1)37-33(14-6-22-38-37)41(32)34-15-5-12-31(40-34)30-11-4-10-29(39-30)26-20-18-25-17-16-23-7-3-8-24-19-21-27(26)36(25)35(23)24/h1-22H. The van der Waals surface area contributed by atoms with E-state index in [1.807, 2.05) is 30.5 Å². The van der Waals surface area contributed by atoms with Crippen molar-refractivity contribution in [3.63, 3.8) is 0 Å². The molecule has 0 unspecified atom stereocenters. The molecule has 9 aromatic rings. The van der Waals surface area contributed by atoms with Crippen LogP contribution >= 0.6 is 0 Å². The smallest absolute Gasteiger partial charge is 0.138 e. The predicted octanol–water partition coefficient (Wildman–Crippen LogP) is 9.20. The minimum atomic E-state index is 0.830. The largest absolute Gasteiger partial charge is 0.292 e. The molecule has 0 fully saturated rings. The molecule has 190 valence electrons. The molecule has 4 heteroatoms. The van der Waals surface area contributed by atoms with Crippen LogP contribution in [0.4, 0.5) is 0 Å². The summed E-state index contributed by atoms with van der Waals surface area (Å²) in [6.07, 6.45) is 1.84. The first-order chi connectivity index (χ1) is 20.3. The van der Waals surface area contributed by atoms with Gasteiger partial charge < -0.3 is 0 Å². The van der Waals surface area contributed by atoms with Crippen molar-refractivity contribution in [3.05, 3.63) is 134 Å². The van der Waals surface area contributed by atoms with Crippen molar-refractivity contribution in [1.82, 2.24) is 19.5 Å². The third kappa shape index (κ3) is 3.25. The lowest BCUT2D eigenvalue weighted by Gasteiger charge is -2.14. The van der Waals surface area contributed by atoms with E-state index in [0.717, 1.165) is 50.4 Å². The second-order valence-corrected chi connectivity index (χ2v) is 10.5. The third-order valence-electron chi connectivity index (χ3n) is 8.21. The van der Waals surface area contributed by atoms with E-state index in [1.165, 1.54) is 32.3 Å². The van der Waals surface area contributed by atoms with E-state index in [0.29, 0.717) is 0 Å². The molecule has 4 heterocycles. The highest BCUT2D eigenvalue weighted by Gasteiger charge is 2.16. The molecule has 0 aliphatic carbocycles. The Kier molecular flexibility index (Phi) is 4.58. The molecule has 0 radical (unpaired) electrons. The number of pyridine rings is 3. The lowest BCUT2D eigenvalue weighted by molar-refractivity contribution is 1.08. The minimum Gasteiger partial charge on any atom is -0.292 e. The van der Waals surface area contributed by atoms with Crippen LogP contribution in [0.25, 0.3) is 82.7 Å². The van der Waals surface area contributed by atoms with Gasteiger partial charge in [0.15, 0.2) is 0 Å². The summed E-state index contributed by atoms with van der Waals surface area (Å²) in [5, 5.41) is 8.72. The third-order valence-corrected chi connectivity index (χ3v) is 8.21. The Hall–Kier alpha value is -5.61. The minimum absolute atomic E-state index is 0.830. The number of fused-ring (bicyclic) bond motifs is 3. The lowest BCUT2D eigenvalue weighted by atomic mass is 9.91. The molecular weight excluding hydrogens is 500 g/mol. The zero-order valence-corrected chi connectivity index (χ0v) is 22.0. The average Bonchev–Trinajstić information content (AvgIpc) is 3.38. The van der Waals surface area contributed by atoms with Crippen LogP contribution in [0.15, 0.2) is 134 Å². The summed E-state index contributed by atoms with van der Waals surface area (Å²) in [6.45, 7) is 0. The summed E-state index contributed by atoms with van der Waals surface area (Å²) in [5.74, 6) is 0.844. The maximum atomic E-state index is 5.16. The summed E-state index contributed by atoms with van der Waals surface area (Å²) in [6, 6.07) is 44.6. The molecule has 5 aromatic carbocycles. The van der Waals surface area contributed by atoms with Crippen molar-refractivity contribution in [2.24, 2.45) is 0 Å². The monoisotopic (exact) mass is 522 g/mol. The van der Waals surface area contributed by atoms with Crippen LogP contribution in [-0.4, -0.2) is 19.5 Å². The van der Waals surface area contributed by atoms with E-state index >= 15 is 0 Å². The van der Waals surface area contributed by atoms with Crippen LogP contribution in [0.5, 0.6) is 0 Å². The van der Waals surface area contributed by atoms with Crippen molar-refractivity contribution in [3.8, 4) is 28.5 Å². The summed E-state index contributed by atoms with van der Waals surface area (Å²) < 4.78 is 2.19. The van der Waals surface area contributed by atoms with Gasteiger partial charge in [0.05, 0.1) is 33.6 Å². The van der Waals surface area contributed by atoms with Crippen LogP contribution in [-0.2, 0) is 0 Å². The molecule has 4 nitrogen and oxygen atoms in total. The van der Waals surface area contributed by atoms with Gasteiger partial charge in [-0.3, -0.25) is 9.55 Å². The van der Waals surface area contributed by atoms with Crippen molar-refractivity contribution >= 4 is 54.3 Å². The number of nitrogens with zero attached hydrogens (tertiary/aromatic N) is 4. The van der Waals surface area contributed by atoms with Gasteiger partial charge in [-0.05, 0) is 74.8 Å². The number of hydrogen-bond donors (Lipinski definition) is 0. The first-order valence-corrected chi connectivity index (χ1v) is 13.8. The van der Waals surface area contributed by atoms with Crippen molar-refractivity contribution in [1.29, 1.82) is 0 Å². The molecule has 0 atom stereocenters. The first-order valence-electron chi connectivity index (χ1n) is 13.8. The normalized spacial score (nSPS) is 11.9. The molecule has 0 bridgehead atoms. The van der Waals surface area contributed by atoms with Gasteiger partial charge in [0.2, 0.25) is 0 Å². The lowest BCUT2D eigenvalue weighted by Crippen LogP contribution is -1.99. The van der Waals surface area contributed by atoms with E-state index in [1.54, 1.807) is 0 Å². The second-order valence-electron chi connectivity index (χ2n) is 10.5. The zero-order valence-electron chi connectivity index (χ0n) is 22.0. The predicted molar refractivity (Wildman–Crippen MR) is 169 cm³/mol.